The second-order valence-electron chi connectivity index (χ2n) is 4.91. The fourth-order valence-electron chi connectivity index (χ4n) is 2.08. The first-order valence-electron chi connectivity index (χ1n) is 6.98. The molecule has 0 spiro atoms. The van der Waals surface area contributed by atoms with Crippen molar-refractivity contribution in [2.24, 2.45) is 0 Å². The van der Waals surface area contributed by atoms with Crippen molar-refractivity contribution in [3.05, 3.63) is 53.5 Å². The highest BCUT2D eigenvalue weighted by atomic mass is 15.2. The van der Waals surface area contributed by atoms with Gasteiger partial charge in [0.15, 0.2) is 0 Å². The molecule has 2 heterocycles. The fraction of sp³-hybridized carbons (Fsp3) is 0.375. The zero-order valence-corrected chi connectivity index (χ0v) is 12.4. The molecule has 0 saturated carbocycles. The predicted molar refractivity (Wildman–Crippen MR) is 82.7 cm³/mol. The first-order chi connectivity index (χ1) is 9.70. The number of pyridine rings is 2. The third-order valence-corrected chi connectivity index (χ3v) is 3.28. The van der Waals surface area contributed by atoms with E-state index in [1.165, 1.54) is 11.1 Å². The van der Waals surface area contributed by atoms with E-state index in [0.717, 1.165) is 31.1 Å². The van der Waals surface area contributed by atoms with E-state index < -0.39 is 0 Å². The largest absolute Gasteiger partial charge is 0.355 e. The van der Waals surface area contributed by atoms with Crippen LogP contribution in [0.3, 0.4) is 0 Å². The molecule has 0 unspecified atom stereocenters. The van der Waals surface area contributed by atoms with Crippen LogP contribution in [0.4, 0.5) is 5.82 Å². The maximum Gasteiger partial charge on any atom is 0.128 e. The lowest BCUT2D eigenvalue weighted by atomic mass is 10.2. The summed E-state index contributed by atoms with van der Waals surface area (Å²) < 4.78 is 0. The zero-order valence-electron chi connectivity index (χ0n) is 12.4. The van der Waals surface area contributed by atoms with Crippen LogP contribution in [0.25, 0.3) is 0 Å². The summed E-state index contributed by atoms with van der Waals surface area (Å²) in [6.07, 6.45) is 3.68. The molecular weight excluding hydrogens is 248 g/mol. The maximum atomic E-state index is 4.69. The van der Waals surface area contributed by atoms with Crippen molar-refractivity contribution >= 4 is 5.82 Å². The monoisotopic (exact) mass is 270 g/mol. The van der Waals surface area contributed by atoms with Crippen LogP contribution in [0, 0.1) is 6.92 Å². The molecule has 0 aliphatic carbocycles. The Morgan fingerprint density at radius 2 is 2.10 bits per heavy atom. The molecule has 0 atom stereocenters. The first kappa shape index (κ1) is 14.5. The van der Waals surface area contributed by atoms with Gasteiger partial charge in [0, 0.05) is 38.2 Å². The number of rotatable bonds is 6. The average Bonchev–Trinajstić information content (AvgIpc) is 2.47. The minimum Gasteiger partial charge on any atom is -0.355 e. The zero-order chi connectivity index (χ0) is 14.4. The highest BCUT2D eigenvalue weighted by Gasteiger charge is 2.06. The van der Waals surface area contributed by atoms with Gasteiger partial charge in [-0.2, -0.15) is 0 Å². The molecule has 0 aliphatic heterocycles. The number of aromatic nitrogens is 2. The van der Waals surface area contributed by atoms with Crippen molar-refractivity contribution in [3.8, 4) is 0 Å². The molecule has 0 fully saturated rings. The van der Waals surface area contributed by atoms with E-state index in [9.17, 15) is 0 Å². The van der Waals surface area contributed by atoms with Gasteiger partial charge in [0.05, 0.1) is 0 Å². The molecule has 4 nitrogen and oxygen atoms in total. The topological polar surface area (TPSA) is 41.0 Å². The summed E-state index contributed by atoms with van der Waals surface area (Å²) >= 11 is 0. The minimum atomic E-state index is 0.812. The van der Waals surface area contributed by atoms with Crippen LogP contribution in [0.15, 0.2) is 36.7 Å². The highest BCUT2D eigenvalue weighted by molar-refractivity contribution is 5.41. The van der Waals surface area contributed by atoms with E-state index in [4.69, 9.17) is 0 Å². The predicted octanol–water partition coefficient (Wildman–Crippen LogP) is 2.53. The molecule has 0 amide bonds. The number of nitrogens with zero attached hydrogens (tertiary/aromatic N) is 3. The third kappa shape index (κ3) is 3.78. The molecule has 20 heavy (non-hydrogen) atoms. The molecule has 1 N–H and O–H groups in total. The van der Waals surface area contributed by atoms with Gasteiger partial charge in [-0.15, -0.1) is 0 Å². The van der Waals surface area contributed by atoms with E-state index in [-0.39, 0.29) is 0 Å². The standard InChI is InChI=1S/C16H22N4/c1-4-17-11-15-7-8-16(19-13(15)2)20(3)12-14-6-5-9-18-10-14/h5-10,17H,4,11-12H2,1-3H3. The number of hydrogen-bond donors (Lipinski definition) is 1. The van der Waals surface area contributed by atoms with E-state index in [2.05, 4.69) is 59.3 Å². The number of anilines is 1. The van der Waals surface area contributed by atoms with Crippen molar-refractivity contribution < 1.29 is 0 Å². The Morgan fingerprint density at radius 1 is 1.25 bits per heavy atom. The third-order valence-electron chi connectivity index (χ3n) is 3.28. The van der Waals surface area contributed by atoms with Crippen LogP contribution in [0.2, 0.25) is 0 Å². The van der Waals surface area contributed by atoms with Crippen LogP contribution in [0.1, 0.15) is 23.7 Å². The highest BCUT2D eigenvalue weighted by Crippen LogP contribution is 2.15. The second kappa shape index (κ2) is 7.01. The van der Waals surface area contributed by atoms with Gasteiger partial charge >= 0.3 is 0 Å². The van der Waals surface area contributed by atoms with E-state index in [0.29, 0.717) is 0 Å². The molecule has 2 aromatic heterocycles. The molecule has 0 aliphatic rings. The van der Waals surface area contributed by atoms with Crippen LogP contribution >= 0.6 is 0 Å². The quantitative estimate of drug-likeness (QED) is 0.876. The van der Waals surface area contributed by atoms with Crippen molar-refractivity contribution in [1.29, 1.82) is 0 Å². The summed E-state index contributed by atoms with van der Waals surface area (Å²) in [7, 11) is 2.05. The Hall–Kier alpha value is -1.94. The Bertz CT molecular complexity index is 539. The van der Waals surface area contributed by atoms with Gasteiger partial charge in [0.1, 0.15) is 5.82 Å². The smallest absolute Gasteiger partial charge is 0.128 e. The molecule has 0 aromatic carbocycles. The van der Waals surface area contributed by atoms with E-state index in [1.54, 1.807) is 6.20 Å². The van der Waals surface area contributed by atoms with Gasteiger partial charge < -0.3 is 10.2 Å². The second-order valence-corrected chi connectivity index (χ2v) is 4.91. The number of nitrogens with one attached hydrogen (secondary N) is 1. The summed E-state index contributed by atoms with van der Waals surface area (Å²) in [4.78, 5) is 11.0. The van der Waals surface area contributed by atoms with Gasteiger partial charge in [-0.1, -0.05) is 19.1 Å². The lowest BCUT2D eigenvalue weighted by molar-refractivity contribution is 0.719. The minimum absolute atomic E-state index is 0.812. The summed E-state index contributed by atoms with van der Waals surface area (Å²) in [6.45, 7) is 6.84. The first-order valence-corrected chi connectivity index (χ1v) is 6.98. The van der Waals surface area contributed by atoms with Crippen LogP contribution in [0.5, 0.6) is 0 Å². The number of aryl methyl sites for hydroxylation is 1. The van der Waals surface area contributed by atoms with E-state index in [1.807, 2.05) is 12.3 Å². The lowest BCUT2D eigenvalue weighted by Gasteiger charge is -2.19. The van der Waals surface area contributed by atoms with Crippen molar-refractivity contribution in [2.45, 2.75) is 26.9 Å². The van der Waals surface area contributed by atoms with Gasteiger partial charge in [0.2, 0.25) is 0 Å². The maximum absolute atomic E-state index is 4.69. The molecule has 4 heteroatoms. The molecule has 2 rings (SSSR count). The van der Waals surface area contributed by atoms with Crippen LogP contribution in [-0.2, 0) is 13.1 Å². The van der Waals surface area contributed by atoms with Crippen LogP contribution < -0.4 is 10.2 Å². The molecule has 106 valence electrons. The van der Waals surface area contributed by atoms with Crippen molar-refractivity contribution in [1.82, 2.24) is 15.3 Å². The Morgan fingerprint density at radius 3 is 2.75 bits per heavy atom. The molecule has 0 saturated heterocycles. The summed E-state index contributed by atoms with van der Waals surface area (Å²) in [5.74, 6) is 0.992. The van der Waals surface area contributed by atoms with Gasteiger partial charge in [-0.25, -0.2) is 4.98 Å². The van der Waals surface area contributed by atoms with Gasteiger partial charge in [0.25, 0.3) is 0 Å². The number of hydrogen-bond acceptors (Lipinski definition) is 4. The van der Waals surface area contributed by atoms with E-state index >= 15 is 0 Å². The van der Waals surface area contributed by atoms with Gasteiger partial charge in [-0.3, -0.25) is 4.98 Å². The van der Waals surface area contributed by atoms with Crippen molar-refractivity contribution in [3.63, 3.8) is 0 Å². The summed E-state index contributed by atoms with van der Waals surface area (Å²) in [5, 5.41) is 3.33. The summed E-state index contributed by atoms with van der Waals surface area (Å²) in [6, 6.07) is 8.27. The van der Waals surface area contributed by atoms with Crippen molar-refractivity contribution in [2.75, 3.05) is 18.5 Å². The molecular formula is C16H22N4. The molecule has 0 bridgehead atoms. The van der Waals surface area contributed by atoms with Crippen LogP contribution in [-0.4, -0.2) is 23.6 Å². The lowest BCUT2D eigenvalue weighted by Crippen LogP contribution is -2.19. The Labute approximate surface area is 120 Å². The molecule has 2 aromatic rings. The molecule has 0 radical (unpaired) electrons. The Balaban J connectivity index is 2.07. The Kier molecular flexibility index (Phi) is 5.07. The SMILES string of the molecule is CCNCc1ccc(N(C)Cc2cccnc2)nc1C. The summed E-state index contributed by atoms with van der Waals surface area (Å²) in [5.41, 5.74) is 3.53. The normalized spacial score (nSPS) is 10.6. The van der Waals surface area contributed by atoms with Gasteiger partial charge in [-0.05, 0) is 36.7 Å². The average molecular weight is 270 g/mol. The fourth-order valence-corrected chi connectivity index (χ4v) is 2.08.